The molecule has 1 saturated heterocycles. The highest BCUT2D eigenvalue weighted by Gasteiger charge is 2.51. The average molecular weight is 373 g/mol. The number of methoxy groups -OCH3 is 1. The van der Waals surface area contributed by atoms with E-state index in [9.17, 15) is 4.79 Å². The zero-order valence-corrected chi connectivity index (χ0v) is 17.7. The first-order valence-electron chi connectivity index (χ1n) is 9.71. The fourth-order valence-electron chi connectivity index (χ4n) is 3.06. The second-order valence-electron chi connectivity index (χ2n) is 7.61. The third-order valence-electron chi connectivity index (χ3n) is 5.45. The van der Waals surface area contributed by atoms with Crippen molar-refractivity contribution in [2.24, 2.45) is 0 Å². The van der Waals surface area contributed by atoms with Gasteiger partial charge in [0.1, 0.15) is 0 Å². The zero-order chi connectivity index (χ0) is 20.2. The second kappa shape index (κ2) is 8.49. The lowest BCUT2D eigenvalue weighted by molar-refractivity contribution is 0.00578. The third kappa shape index (κ3) is 4.56. The maximum Gasteiger partial charge on any atom is 0.494 e. The number of amides is 1. The van der Waals surface area contributed by atoms with Gasteiger partial charge < -0.3 is 18.9 Å². The molecule has 1 aromatic carbocycles. The number of carbonyl (C=O) groups excluding carboxylic acids is 1. The van der Waals surface area contributed by atoms with Gasteiger partial charge in [-0.2, -0.15) is 0 Å². The van der Waals surface area contributed by atoms with E-state index in [2.05, 4.69) is 58.0 Å². The Bertz CT molecular complexity index is 666. The maximum absolute atomic E-state index is 11.6. The molecule has 1 aromatic rings. The quantitative estimate of drug-likeness (QED) is 0.739. The van der Waals surface area contributed by atoms with E-state index < -0.39 is 0 Å². The number of benzene rings is 1. The third-order valence-corrected chi connectivity index (χ3v) is 5.45. The van der Waals surface area contributed by atoms with Gasteiger partial charge in [-0.25, -0.2) is 4.79 Å². The van der Waals surface area contributed by atoms with Crippen molar-refractivity contribution in [3.05, 3.63) is 35.9 Å². The molecule has 0 bridgehead atoms. The van der Waals surface area contributed by atoms with Crippen molar-refractivity contribution in [2.45, 2.75) is 59.2 Å². The van der Waals surface area contributed by atoms with Crippen molar-refractivity contribution >= 4 is 24.2 Å². The largest absolute Gasteiger partial charge is 0.494 e. The lowest BCUT2D eigenvalue weighted by atomic mass is 9.78. The van der Waals surface area contributed by atoms with Gasteiger partial charge in [-0.05, 0) is 50.7 Å². The predicted octanol–water partition coefficient (Wildman–Crippen LogP) is 3.87. The summed E-state index contributed by atoms with van der Waals surface area (Å²) >= 11 is 0. The molecule has 0 unspecified atom stereocenters. The Hall–Kier alpha value is -1.79. The van der Waals surface area contributed by atoms with Crippen LogP contribution in [0.1, 0.15) is 53.5 Å². The van der Waals surface area contributed by atoms with Crippen LogP contribution >= 0.6 is 0 Å². The van der Waals surface area contributed by atoms with Crippen LogP contribution in [0, 0.1) is 0 Å². The molecule has 0 saturated carbocycles. The van der Waals surface area contributed by atoms with E-state index in [-0.39, 0.29) is 24.4 Å². The summed E-state index contributed by atoms with van der Waals surface area (Å²) in [6.45, 7) is 13.5. The summed E-state index contributed by atoms with van der Waals surface area (Å²) in [6, 6.07) is 8.32. The predicted molar refractivity (Wildman–Crippen MR) is 110 cm³/mol. The number of carbonyl (C=O) groups is 1. The first-order valence-corrected chi connectivity index (χ1v) is 9.71. The maximum atomic E-state index is 11.6. The van der Waals surface area contributed by atoms with Crippen LogP contribution in [-0.4, -0.2) is 49.5 Å². The van der Waals surface area contributed by atoms with E-state index in [0.717, 1.165) is 11.9 Å². The molecule has 0 aliphatic carbocycles. The number of nitrogens with zero attached hydrogens (tertiary/aromatic N) is 1. The van der Waals surface area contributed by atoms with Crippen LogP contribution in [0.2, 0.25) is 0 Å². The Morgan fingerprint density at radius 2 is 1.63 bits per heavy atom. The summed E-state index contributed by atoms with van der Waals surface area (Å²) in [4.78, 5) is 13.3. The van der Waals surface area contributed by atoms with Gasteiger partial charge in [-0.1, -0.05) is 44.2 Å². The van der Waals surface area contributed by atoms with E-state index in [1.54, 1.807) is 4.90 Å². The lowest BCUT2D eigenvalue weighted by Gasteiger charge is -2.32. The van der Waals surface area contributed by atoms with E-state index >= 15 is 0 Å². The van der Waals surface area contributed by atoms with Crippen LogP contribution in [0.5, 0.6) is 0 Å². The summed E-state index contributed by atoms with van der Waals surface area (Å²) in [5.74, 6) is 0. The number of hydrogen-bond acceptors (Lipinski definition) is 4. The zero-order valence-electron chi connectivity index (χ0n) is 17.7. The molecule has 1 fully saturated rings. The van der Waals surface area contributed by atoms with Crippen LogP contribution in [0.15, 0.2) is 30.3 Å². The Balaban J connectivity index is 0.00000126. The topological polar surface area (TPSA) is 48.0 Å². The number of hydrogen-bond donors (Lipinski definition) is 0. The Kier molecular flexibility index (Phi) is 6.76. The van der Waals surface area contributed by atoms with Gasteiger partial charge in [0, 0.05) is 13.1 Å². The second-order valence-corrected chi connectivity index (χ2v) is 7.61. The number of rotatable bonds is 2. The minimum Gasteiger partial charge on any atom is -0.453 e. The molecule has 2 aliphatic heterocycles. The summed E-state index contributed by atoms with van der Waals surface area (Å²) in [5.41, 5.74) is 2.78. The molecule has 0 atom stereocenters. The van der Waals surface area contributed by atoms with Gasteiger partial charge in [0.2, 0.25) is 0 Å². The molecular weight excluding hydrogens is 341 g/mol. The van der Waals surface area contributed by atoms with E-state index in [0.29, 0.717) is 13.1 Å². The smallest absolute Gasteiger partial charge is 0.453 e. The molecule has 0 N–H and O–H groups in total. The van der Waals surface area contributed by atoms with Crippen LogP contribution < -0.4 is 5.46 Å². The van der Waals surface area contributed by atoms with Crippen molar-refractivity contribution < 1.29 is 18.8 Å². The summed E-state index contributed by atoms with van der Waals surface area (Å²) < 4.78 is 17.0. The summed E-state index contributed by atoms with van der Waals surface area (Å²) in [7, 11) is 1.07. The van der Waals surface area contributed by atoms with Crippen LogP contribution in [-0.2, 0) is 14.0 Å². The molecule has 0 radical (unpaired) electrons. The van der Waals surface area contributed by atoms with Crippen molar-refractivity contribution in [1.82, 2.24) is 4.90 Å². The summed E-state index contributed by atoms with van der Waals surface area (Å²) in [6.07, 6.45) is 2.64. The Morgan fingerprint density at radius 3 is 2.07 bits per heavy atom. The van der Waals surface area contributed by atoms with Gasteiger partial charge in [0.15, 0.2) is 0 Å². The molecule has 2 aliphatic rings. The molecule has 5 nitrogen and oxygen atoms in total. The van der Waals surface area contributed by atoms with Gasteiger partial charge in [-0.3, -0.25) is 0 Å². The molecular formula is C21H32BNO4. The van der Waals surface area contributed by atoms with Gasteiger partial charge in [0.25, 0.3) is 0 Å². The molecule has 1 amide bonds. The van der Waals surface area contributed by atoms with Crippen molar-refractivity contribution in [3.63, 3.8) is 0 Å². The fraction of sp³-hybridized carbons (Fsp3) is 0.571. The number of ether oxygens (including phenoxy) is 1. The normalized spacial score (nSPS) is 20.5. The average Bonchev–Trinajstić information content (AvgIpc) is 2.90. The van der Waals surface area contributed by atoms with E-state index in [1.807, 2.05) is 13.8 Å². The minimum atomic E-state index is -0.339. The monoisotopic (exact) mass is 373 g/mol. The highest BCUT2D eigenvalue weighted by molar-refractivity contribution is 6.62. The van der Waals surface area contributed by atoms with Crippen LogP contribution in [0.3, 0.4) is 0 Å². The van der Waals surface area contributed by atoms with E-state index in [1.165, 1.54) is 18.2 Å². The van der Waals surface area contributed by atoms with Gasteiger partial charge in [-0.15, -0.1) is 0 Å². The molecule has 27 heavy (non-hydrogen) atoms. The highest BCUT2D eigenvalue weighted by atomic mass is 16.7. The summed E-state index contributed by atoms with van der Waals surface area (Å²) in [5, 5.41) is 0. The molecule has 148 valence electrons. The van der Waals surface area contributed by atoms with Crippen molar-refractivity contribution in [3.8, 4) is 0 Å². The molecule has 6 heteroatoms. The Morgan fingerprint density at radius 1 is 1.07 bits per heavy atom. The molecule has 2 heterocycles. The Labute approximate surface area is 163 Å². The molecule has 0 spiro atoms. The minimum absolute atomic E-state index is 0.272. The first kappa shape index (κ1) is 21.5. The molecule has 3 rings (SSSR count). The fourth-order valence-corrected chi connectivity index (χ4v) is 3.06. The lowest BCUT2D eigenvalue weighted by Crippen LogP contribution is -2.41. The van der Waals surface area contributed by atoms with Gasteiger partial charge >= 0.3 is 13.2 Å². The van der Waals surface area contributed by atoms with Crippen molar-refractivity contribution in [2.75, 3.05) is 20.2 Å². The SMILES string of the molecule is CC.COC(=O)N1CC=C(c2ccc(B3OC(C)(C)C(C)(C)O3)cc2)CC1. The highest BCUT2D eigenvalue weighted by Crippen LogP contribution is 2.36. The van der Waals surface area contributed by atoms with Crippen molar-refractivity contribution in [1.29, 1.82) is 0 Å². The standard InChI is InChI=1S/C19H26BNO4.C2H6/c1-18(2)19(3,4)25-20(24-18)16-8-6-14(7-9-16)15-10-12-21(13-11-15)17(22)23-5;1-2/h6-10H,11-13H2,1-5H3;1-2H3. The first-order chi connectivity index (χ1) is 12.7. The van der Waals surface area contributed by atoms with Crippen LogP contribution in [0.25, 0.3) is 5.57 Å². The van der Waals surface area contributed by atoms with E-state index in [4.69, 9.17) is 14.0 Å². The van der Waals surface area contributed by atoms with Crippen LogP contribution in [0.4, 0.5) is 4.79 Å². The molecule has 0 aromatic heterocycles. The van der Waals surface area contributed by atoms with Gasteiger partial charge in [0.05, 0.1) is 18.3 Å².